The van der Waals surface area contributed by atoms with Gasteiger partial charge in [-0.2, -0.15) is 0 Å². The standard InChI is InChI=1S/C16H27N3O.HI/c1-12(2)19-16(17-5)18-11-10-14-6-8-15(9-7-14)20-13(3)4;/h6-9,12-13H,10-11H2,1-5H3,(H2,17,18,19);1H. The zero-order valence-electron chi connectivity index (χ0n) is 13.6. The van der Waals surface area contributed by atoms with Crippen molar-refractivity contribution in [1.29, 1.82) is 0 Å². The van der Waals surface area contributed by atoms with Gasteiger partial charge in [-0.05, 0) is 51.8 Å². The molecular weight excluding hydrogens is 377 g/mol. The molecule has 1 aromatic rings. The average molecular weight is 405 g/mol. The van der Waals surface area contributed by atoms with Gasteiger partial charge in [0.25, 0.3) is 0 Å². The van der Waals surface area contributed by atoms with Crippen LogP contribution < -0.4 is 15.4 Å². The highest BCUT2D eigenvalue weighted by atomic mass is 127. The molecule has 0 radical (unpaired) electrons. The second kappa shape index (κ2) is 10.7. The maximum absolute atomic E-state index is 5.63. The van der Waals surface area contributed by atoms with E-state index in [0.717, 1.165) is 24.7 Å². The van der Waals surface area contributed by atoms with Crippen molar-refractivity contribution in [2.75, 3.05) is 13.6 Å². The summed E-state index contributed by atoms with van der Waals surface area (Å²) in [5.41, 5.74) is 1.29. The van der Waals surface area contributed by atoms with E-state index < -0.39 is 0 Å². The molecule has 0 spiro atoms. The first-order valence-electron chi connectivity index (χ1n) is 7.24. The minimum absolute atomic E-state index is 0. The van der Waals surface area contributed by atoms with Gasteiger partial charge < -0.3 is 15.4 Å². The Balaban J connectivity index is 0.00000400. The highest BCUT2D eigenvalue weighted by Crippen LogP contribution is 2.13. The Morgan fingerprint density at radius 2 is 1.76 bits per heavy atom. The quantitative estimate of drug-likeness (QED) is 0.434. The highest BCUT2D eigenvalue weighted by molar-refractivity contribution is 14.0. The Kier molecular flexibility index (Phi) is 10.2. The van der Waals surface area contributed by atoms with E-state index >= 15 is 0 Å². The first-order valence-corrected chi connectivity index (χ1v) is 7.24. The predicted molar refractivity (Wildman–Crippen MR) is 101 cm³/mol. The van der Waals surface area contributed by atoms with Gasteiger partial charge in [-0.3, -0.25) is 4.99 Å². The van der Waals surface area contributed by atoms with E-state index in [2.05, 4.69) is 41.6 Å². The van der Waals surface area contributed by atoms with E-state index in [1.54, 1.807) is 7.05 Å². The Bertz CT molecular complexity index is 416. The summed E-state index contributed by atoms with van der Waals surface area (Å²) in [6.45, 7) is 9.12. The lowest BCUT2D eigenvalue weighted by Crippen LogP contribution is -2.41. The van der Waals surface area contributed by atoms with Crippen LogP contribution in [0.4, 0.5) is 0 Å². The van der Waals surface area contributed by atoms with E-state index in [1.807, 2.05) is 26.0 Å². The molecule has 0 aromatic heterocycles. The second-order valence-corrected chi connectivity index (χ2v) is 5.36. The molecule has 21 heavy (non-hydrogen) atoms. The SMILES string of the molecule is CN=C(NCCc1ccc(OC(C)C)cc1)NC(C)C.I. The van der Waals surface area contributed by atoms with Gasteiger partial charge in [0.1, 0.15) is 5.75 Å². The highest BCUT2D eigenvalue weighted by Gasteiger charge is 2.01. The molecule has 0 heterocycles. The Morgan fingerprint density at radius 1 is 1.14 bits per heavy atom. The number of nitrogens with zero attached hydrogens (tertiary/aromatic N) is 1. The van der Waals surface area contributed by atoms with E-state index in [1.165, 1.54) is 5.56 Å². The van der Waals surface area contributed by atoms with Gasteiger partial charge in [0.15, 0.2) is 5.96 Å². The first-order chi connectivity index (χ1) is 9.51. The number of hydrogen-bond acceptors (Lipinski definition) is 2. The lowest BCUT2D eigenvalue weighted by Gasteiger charge is -2.14. The third kappa shape index (κ3) is 8.80. The Hall–Kier alpha value is -0.980. The number of nitrogens with one attached hydrogen (secondary N) is 2. The number of ether oxygens (including phenoxy) is 1. The minimum Gasteiger partial charge on any atom is -0.491 e. The van der Waals surface area contributed by atoms with Gasteiger partial charge in [-0.15, -0.1) is 24.0 Å². The fraction of sp³-hybridized carbons (Fsp3) is 0.562. The predicted octanol–water partition coefficient (Wildman–Crippen LogP) is 3.21. The molecule has 0 saturated carbocycles. The summed E-state index contributed by atoms with van der Waals surface area (Å²) in [7, 11) is 1.79. The smallest absolute Gasteiger partial charge is 0.191 e. The fourth-order valence-electron chi connectivity index (χ4n) is 1.80. The lowest BCUT2D eigenvalue weighted by molar-refractivity contribution is 0.242. The maximum atomic E-state index is 5.63. The zero-order chi connectivity index (χ0) is 15.0. The summed E-state index contributed by atoms with van der Waals surface area (Å²) in [5, 5.41) is 6.57. The summed E-state index contributed by atoms with van der Waals surface area (Å²) < 4.78 is 5.63. The fourth-order valence-corrected chi connectivity index (χ4v) is 1.80. The summed E-state index contributed by atoms with van der Waals surface area (Å²) in [5.74, 6) is 1.77. The number of hydrogen-bond donors (Lipinski definition) is 2. The molecule has 0 bridgehead atoms. The molecule has 0 aliphatic carbocycles. The van der Waals surface area contributed by atoms with Crippen LogP contribution in [0, 0.1) is 0 Å². The molecule has 1 rings (SSSR count). The van der Waals surface area contributed by atoms with Crippen LogP contribution in [0.2, 0.25) is 0 Å². The Labute approximate surface area is 145 Å². The molecule has 2 N–H and O–H groups in total. The van der Waals surface area contributed by atoms with Gasteiger partial charge in [-0.25, -0.2) is 0 Å². The number of guanidine groups is 1. The van der Waals surface area contributed by atoms with Crippen LogP contribution in [0.25, 0.3) is 0 Å². The van der Waals surface area contributed by atoms with Crippen molar-refractivity contribution in [3.8, 4) is 5.75 Å². The van der Waals surface area contributed by atoms with Crippen molar-refractivity contribution in [1.82, 2.24) is 10.6 Å². The van der Waals surface area contributed by atoms with Gasteiger partial charge >= 0.3 is 0 Å². The molecule has 1 aromatic carbocycles. The molecule has 0 atom stereocenters. The molecule has 0 saturated heterocycles. The van der Waals surface area contributed by atoms with Crippen molar-refractivity contribution < 1.29 is 4.74 Å². The van der Waals surface area contributed by atoms with Crippen LogP contribution in [0.5, 0.6) is 5.75 Å². The number of halogens is 1. The Morgan fingerprint density at radius 3 is 2.24 bits per heavy atom. The summed E-state index contributed by atoms with van der Waals surface area (Å²) in [4.78, 5) is 4.18. The molecule has 5 heteroatoms. The average Bonchev–Trinajstić information content (AvgIpc) is 2.38. The summed E-state index contributed by atoms with van der Waals surface area (Å²) in [6.07, 6.45) is 1.17. The second-order valence-electron chi connectivity index (χ2n) is 5.36. The van der Waals surface area contributed by atoms with Crippen molar-refractivity contribution in [3.63, 3.8) is 0 Å². The number of aliphatic imine (C=N–C) groups is 1. The van der Waals surface area contributed by atoms with Crippen LogP contribution >= 0.6 is 24.0 Å². The summed E-state index contributed by atoms with van der Waals surface area (Å²) in [6, 6.07) is 8.65. The van der Waals surface area contributed by atoms with Gasteiger partial charge in [0.05, 0.1) is 6.10 Å². The molecular formula is C16H28IN3O. The van der Waals surface area contributed by atoms with Crippen molar-refractivity contribution in [2.45, 2.75) is 46.3 Å². The van der Waals surface area contributed by atoms with E-state index in [9.17, 15) is 0 Å². The monoisotopic (exact) mass is 405 g/mol. The van der Waals surface area contributed by atoms with Crippen LogP contribution in [0.15, 0.2) is 29.3 Å². The minimum atomic E-state index is 0. The lowest BCUT2D eigenvalue weighted by atomic mass is 10.1. The van der Waals surface area contributed by atoms with Crippen molar-refractivity contribution in [2.24, 2.45) is 4.99 Å². The van der Waals surface area contributed by atoms with Crippen molar-refractivity contribution in [3.05, 3.63) is 29.8 Å². The number of rotatable bonds is 6. The molecule has 0 unspecified atom stereocenters. The largest absolute Gasteiger partial charge is 0.491 e. The molecule has 0 fully saturated rings. The first kappa shape index (κ1) is 20.0. The van der Waals surface area contributed by atoms with Gasteiger partial charge in [0, 0.05) is 19.6 Å². The van der Waals surface area contributed by atoms with Gasteiger partial charge in [-0.1, -0.05) is 12.1 Å². The third-order valence-corrected chi connectivity index (χ3v) is 2.65. The van der Waals surface area contributed by atoms with Crippen LogP contribution in [0.1, 0.15) is 33.3 Å². The van der Waals surface area contributed by atoms with Crippen LogP contribution in [0.3, 0.4) is 0 Å². The third-order valence-electron chi connectivity index (χ3n) is 2.65. The molecule has 0 aliphatic rings. The summed E-state index contributed by atoms with van der Waals surface area (Å²) >= 11 is 0. The zero-order valence-corrected chi connectivity index (χ0v) is 16.0. The van der Waals surface area contributed by atoms with E-state index in [0.29, 0.717) is 6.04 Å². The van der Waals surface area contributed by atoms with Crippen molar-refractivity contribution >= 4 is 29.9 Å². The van der Waals surface area contributed by atoms with Crippen LogP contribution in [-0.2, 0) is 6.42 Å². The van der Waals surface area contributed by atoms with E-state index in [4.69, 9.17) is 4.74 Å². The maximum Gasteiger partial charge on any atom is 0.191 e. The molecule has 0 amide bonds. The normalized spacial score (nSPS) is 11.3. The van der Waals surface area contributed by atoms with Crippen LogP contribution in [-0.4, -0.2) is 31.7 Å². The number of benzene rings is 1. The van der Waals surface area contributed by atoms with E-state index in [-0.39, 0.29) is 30.1 Å². The molecule has 120 valence electrons. The van der Waals surface area contributed by atoms with Gasteiger partial charge in [0.2, 0.25) is 0 Å². The molecule has 0 aliphatic heterocycles. The topological polar surface area (TPSA) is 45.7 Å². The molecule has 4 nitrogen and oxygen atoms in total.